The van der Waals surface area contributed by atoms with Gasteiger partial charge in [-0.3, -0.25) is 0 Å². The van der Waals surface area contributed by atoms with E-state index in [1.54, 1.807) is 0 Å². The van der Waals surface area contributed by atoms with Crippen LogP contribution in [0.1, 0.15) is 79.6 Å². The summed E-state index contributed by atoms with van der Waals surface area (Å²) in [5, 5.41) is 34.2. The fourth-order valence-electron chi connectivity index (χ4n) is 8.11. The summed E-state index contributed by atoms with van der Waals surface area (Å²) in [6.07, 6.45) is 5.48. The van der Waals surface area contributed by atoms with Gasteiger partial charge >= 0.3 is 0 Å². The van der Waals surface area contributed by atoms with E-state index >= 15 is 0 Å². The van der Waals surface area contributed by atoms with E-state index < -0.39 is 26.6 Å². The summed E-state index contributed by atoms with van der Waals surface area (Å²) < 4.78 is 6.94. The van der Waals surface area contributed by atoms with Gasteiger partial charge in [0, 0.05) is 0 Å². The molecule has 0 radical (unpaired) electrons. The SMILES string of the molecule is CC(C)(C)[Si](C)(C)O[C@H]1CCC2C3C(O)[C@H](O)C4CCCC[C@]4(C)C3C(O)C[C@@]21C. The Hall–Kier alpha value is 0.0569. The smallest absolute Gasteiger partial charge is 0.192 e. The highest BCUT2D eigenvalue weighted by Crippen LogP contribution is 2.67. The first-order valence-electron chi connectivity index (χ1n) is 12.5. The van der Waals surface area contributed by atoms with E-state index in [-0.39, 0.29) is 39.7 Å². The second-order valence-electron chi connectivity index (χ2n) is 13.3. The van der Waals surface area contributed by atoms with Gasteiger partial charge in [0.15, 0.2) is 8.32 Å². The van der Waals surface area contributed by atoms with Gasteiger partial charge in [-0.1, -0.05) is 47.5 Å². The number of fused-ring (bicyclic) bond motifs is 5. The molecule has 0 aliphatic heterocycles. The van der Waals surface area contributed by atoms with Crippen LogP contribution in [0.15, 0.2) is 0 Å². The Labute approximate surface area is 184 Å². The quantitative estimate of drug-likeness (QED) is 0.546. The second kappa shape index (κ2) is 7.28. The number of rotatable bonds is 2. The average Bonchev–Trinajstić information content (AvgIpc) is 2.93. The van der Waals surface area contributed by atoms with E-state index in [9.17, 15) is 15.3 Å². The topological polar surface area (TPSA) is 69.9 Å². The van der Waals surface area contributed by atoms with E-state index in [0.29, 0.717) is 5.92 Å². The van der Waals surface area contributed by atoms with Crippen molar-refractivity contribution in [1.29, 1.82) is 0 Å². The van der Waals surface area contributed by atoms with Crippen LogP contribution in [0.4, 0.5) is 0 Å². The van der Waals surface area contributed by atoms with Gasteiger partial charge < -0.3 is 19.7 Å². The van der Waals surface area contributed by atoms with Crippen LogP contribution in [-0.2, 0) is 4.43 Å². The van der Waals surface area contributed by atoms with Crippen molar-refractivity contribution in [3.63, 3.8) is 0 Å². The molecular formula is C25H46O4Si. The molecule has 0 spiro atoms. The first-order chi connectivity index (χ1) is 13.7. The Morgan fingerprint density at radius 2 is 1.53 bits per heavy atom. The molecule has 0 amide bonds. The Morgan fingerprint density at radius 1 is 0.867 bits per heavy atom. The van der Waals surface area contributed by atoms with Gasteiger partial charge in [-0.15, -0.1) is 0 Å². The van der Waals surface area contributed by atoms with E-state index in [2.05, 4.69) is 47.7 Å². The van der Waals surface area contributed by atoms with Crippen LogP contribution in [-0.4, -0.2) is 48.1 Å². The molecule has 0 bridgehead atoms. The van der Waals surface area contributed by atoms with E-state index in [1.165, 1.54) is 6.42 Å². The van der Waals surface area contributed by atoms with Crippen molar-refractivity contribution in [3.05, 3.63) is 0 Å². The van der Waals surface area contributed by atoms with Gasteiger partial charge in [0.05, 0.1) is 24.4 Å². The number of hydrogen-bond donors (Lipinski definition) is 3. The molecule has 0 heterocycles. The molecule has 4 aliphatic carbocycles. The molecule has 0 aromatic carbocycles. The van der Waals surface area contributed by atoms with Gasteiger partial charge in [0.1, 0.15) is 0 Å². The lowest BCUT2D eigenvalue weighted by Gasteiger charge is -2.64. The number of hydrogen-bond acceptors (Lipinski definition) is 4. The van der Waals surface area contributed by atoms with E-state index in [4.69, 9.17) is 4.43 Å². The monoisotopic (exact) mass is 438 g/mol. The highest BCUT2D eigenvalue weighted by atomic mass is 28.4. The minimum Gasteiger partial charge on any atom is -0.413 e. The molecular weight excluding hydrogens is 392 g/mol. The summed E-state index contributed by atoms with van der Waals surface area (Å²) in [5.41, 5.74) is -0.199. The van der Waals surface area contributed by atoms with Gasteiger partial charge in [0.2, 0.25) is 0 Å². The van der Waals surface area contributed by atoms with Crippen LogP contribution in [0, 0.1) is 34.5 Å². The van der Waals surface area contributed by atoms with Crippen LogP contribution >= 0.6 is 0 Å². The molecule has 3 N–H and O–H groups in total. The largest absolute Gasteiger partial charge is 0.413 e. The van der Waals surface area contributed by atoms with E-state index in [1.807, 2.05) is 0 Å². The van der Waals surface area contributed by atoms with Gasteiger partial charge in [-0.25, -0.2) is 0 Å². The van der Waals surface area contributed by atoms with Crippen molar-refractivity contribution in [2.24, 2.45) is 34.5 Å². The molecule has 6 unspecified atom stereocenters. The zero-order valence-electron chi connectivity index (χ0n) is 20.3. The Bertz CT molecular complexity index is 660. The minimum absolute atomic E-state index is 0.0267. The molecule has 30 heavy (non-hydrogen) atoms. The molecule has 10 atom stereocenters. The van der Waals surface area contributed by atoms with E-state index in [0.717, 1.165) is 38.5 Å². The molecule has 0 aromatic heterocycles. The first kappa shape index (κ1) is 23.2. The fraction of sp³-hybridized carbons (Fsp3) is 1.00. The number of aliphatic hydroxyl groups is 3. The predicted octanol–water partition coefficient (Wildman–Crippen LogP) is 4.72. The summed E-state index contributed by atoms with van der Waals surface area (Å²) >= 11 is 0. The zero-order chi connectivity index (χ0) is 22.3. The lowest BCUT2D eigenvalue weighted by atomic mass is 9.43. The summed E-state index contributed by atoms with van der Waals surface area (Å²) in [7, 11) is -1.93. The predicted molar refractivity (Wildman–Crippen MR) is 123 cm³/mol. The molecule has 5 heteroatoms. The minimum atomic E-state index is -1.93. The Balaban J connectivity index is 1.67. The summed E-state index contributed by atoms with van der Waals surface area (Å²) in [5.74, 6) is 0.485. The van der Waals surface area contributed by atoms with Crippen LogP contribution in [0.25, 0.3) is 0 Å². The van der Waals surface area contributed by atoms with Gasteiger partial charge in [0.25, 0.3) is 0 Å². The van der Waals surface area contributed by atoms with Gasteiger partial charge in [-0.2, -0.15) is 0 Å². The molecule has 0 aromatic rings. The van der Waals surface area contributed by atoms with Crippen molar-refractivity contribution in [3.8, 4) is 0 Å². The van der Waals surface area contributed by atoms with Crippen molar-refractivity contribution in [1.82, 2.24) is 0 Å². The Kier molecular flexibility index (Phi) is 5.63. The van der Waals surface area contributed by atoms with Crippen molar-refractivity contribution in [2.45, 2.75) is 122 Å². The highest BCUT2D eigenvalue weighted by molar-refractivity contribution is 6.74. The highest BCUT2D eigenvalue weighted by Gasteiger charge is 2.67. The van der Waals surface area contributed by atoms with Crippen LogP contribution in [0.2, 0.25) is 18.1 Å². The zero-order valence-corrected chi connectivity index (χ0v) is 21.3. The standard InChI is InChI=1S/C25H46O4Si/c1-23(2,3)30(6,7)29-18-12-11-15-19-20(17(26)14-25(15,18)5)24(4)13-9-8-10-16(24)21(27)22(19)28/h15-22,26-28H,8-14H2,1-7H3/t15?,16?,17?,18-,19?,20?,21+,22?,24-,25-/m0/s1. The third kappa shape index (κ3) is 3.20. The lowest BCUT2D eigenvalue weighted by Crippen LogP contribution is -2.67. The van der Waals surface area contributed by atoms with Crippen LogP contribution in [0.3, 0.4) is 0 Å². The summed E-state index contributed by atoms with van der Waals surface area (Å²) in [6.45, 7) is 16.1. The van der Waals surface area contributed by atoms with Gasteiger partial charge in [-0.05, 0) is 84.7 Å². The molecule has 4 saturated carbocycles. The molecule has 4 fully saturated rings. The fourth-order valence-corrected chi connectivity index (χ4v) is 9.56. The molecule has 4 nitrogen and oxygen atoms in total. The van der Waals surface area contributed by atoms with Crippen molar-refractivity contribution >= 4 is 8.32 Å². The Morgan fingerprint density at radius 3 is 2.17 bits per heavy atom. The second-order valence-corrected chi connectivity index (χ2v) is 18.0. The maximum Gasteiger partial charge on any atom is 0.192 e. The average molecular weight is 439 g/mol. The van der Waals surface area contributed by atoms with Crippen LogP contribution in [0.5, 0.6) is 0 Å². The maximum absolute atomic E-state index is 11.6. The lowest BCUT2D eigenvalue weighted by molar-refractivity contribution is -0.244. The van der Waals surface area contributed by atoms with Crippen molar-refractivity contribution in [2.75, 3.05) is 0 Å². The van der Waals surface area contributed by atoms with Crippen LogP contribution < -0.4 is 0 Å². The number of aliphatic hydroxyl groups excluding tert-OH is 3. The normalized spacial score (nSPS) is 51.8. The first-order valence-corrected chi connectivity index (χ1v) is 15.4. The molecule has 4 aliphatic rings. The maximum atomic E-state index is 11.6. The molecule has 174 valence electrons. The third-order valence-corrected chi connectivity index (χ3v) is 15.2. The third-order valence-electron chi connectivity index (χ3n) is 10.8. The molecule has 4 rings (SSSR count). The molecule has 0 saturated heterocycles. The van der Waals surface area contributed by atoms with Crippen molar-refractivity contribution < 1.29 is 19.7 Å². The summed E-state index contributed by atoms with van der Waals surface area (Å²) in [4.78, 5) is 0. The summed E-state index contributed by atoms with van der Waals surface area (Å²) in [6, 6.07) is 0.